The van der Waals surface area contributed by atoms with Gasteiger partial charge in [-0.2, -0.15) is 0 Å². The first-order chi connectivity index (χ1) is 8.82. The average molecular weight is 270 g/mol. The molecule has 0 bridgehead atoms. The smallest absolute Gasteiger partial charge is 0.299 e. The highest BCUT2D eigenvalue weighted by Crippen LogP contribution is 2.28. The van der Waals surface area contributed by atoms with Crippen LogP contribution in [0.25, 0.3) is 0 Å². The van der Waals surface area contributed by atoms with Gasteiger partial charge in [0.15, 0.2) is 0 Å². The number of nitro benzene ring substituents is 2. The predicted molar refractivity (Wildman–Crippen MR) is 63.4 cm³/mol. The second kappa shape index (κ2) is 5.73. The fourth-order valence-corrected chi connectivity index (χ4v) is 1.24. The van der Waals surface area contributed by atoms with Gasteiger partial charge in [-0.05, 0) is 6.07 Å². The Morgan fingerprint density at radius 2 is 2.00 bits per heavy atom. The normalized spacial score (nSPS) is 11.6. The number of nitrogens with one attached hydrogen (secondary N) is 1. The lowest BCUT2D eigenvalue weighted by Gasteiger charge is -2.09. The second-order valence-corrected chi connectivity index (χ2v) is 3.51. The SMILES string of the molecule is NC(=O)C(O)CNc1ccc([N+](=O)[O-])cc1[N+](=O)[O-]. The van der Waals surface area contributed by atoms with Crippen LogP contribution in [-0.4, -0.2) is 33.5 Å². The van der Waals surface area contributed by atoms with E-state index in [-0.39, 0.29) is 12.2 Å². The van der Waals surface area contributed by atoms with Gasteiger partial charge < -0.3 is 16.2 Å². The zero-order valence-corrected chi connectivity index (χ0v) is 9.48. The largest absolute Gasteiger partial charge is 0.381 e. The molecule has 0 saturated carbocycles. The number of benzene rings is 1. The molecule has 102 valence electrons. The molecule has 10 heteroatoms. The summed E-state index contributed by atoms with van der Waals surface area (Å²) in [4.78, 5) is 30.3. The van der Waals surface area contributed by atoms with E-state index in [4.69, 9.17) is 10.8 Å². The molecule has 4 N–H and O–H groups in total. The summed E-state index contributed by atoms with van der Waals surface area (Å²) in [5.41, 5.74) is 3.78. The van der Waals surface area contributed by atoms with Gasteiger partial charge in [-0.15, -0.1) is 0 Å². The number of hydrogen-bond donors (Lipinski definition) is 3. The van der Waals surface area contributed by atoms with Crippen molar-refractivity contribution < 1.29 is 19.7 Å². The fourth-order valence-electron chi connectivity index (χ4n) is 1.24. The Labute approximate surface area is 106 Å². The summed E-state index contributed by atoms with van der Waals surface area (Å²) in [5.74, 6) is -0.989. The number of aliphatic hydroxyl groups is 1. The highest BCUT2D eigenvalue weighted by molar-refractivity contribution is 5.79. The summed E-state index contributed by atoms with van der Waals surface area (Å²) in [7, 11) is 0. The molecule has 0 aliphatic carbocycles. The van der Waals surface area contributed by atoms with Gasteiger partial charge >= 0.3 is 0 Å². The molecule has 1 atom stereocenters. The van der Waals surface area contributed by atoms with Crippen LogP contribution >= 0.6 is 0 Å². The summed E-state index contributed by atoms with van der Waals surface area (Å²) in [6, 6.07) is 2.95. The number of non-ortho nitro benzene ring substituents is 1. The summed E-state index contributed by atoms with van der Waals surface area (Å²) in [6.07, 6.45) is -1.52. The third-order valence-electron chi connectivity index (χ3n) is 2.20. The molecule has 0 heterocycles. The summed E-state index contributed by atoms with van der Waals surface area (Å²) >= 11 is 0. The number of primary amides is 1. The Bertz CT molecular complexity index is 531. The van der Waals surface area contributed by atoms with Crippen LogP contribution in [-0.2, 0) is 4.79 Å². The number of nitrogens with two attached hydrogens (primary N) is 1. The molecule has 0 spiro atoms. The molecule has 0 saturated heterocycles. The number of amides is 1. The van der Waals surface area contributed by atoms with Gasteiger partial charge in [0.05, 0.1) is 22.5 Å². The number of anilines is 1. The van der Waals surface area contributed by atoms with E-state index in [1.807, 2.05) is 0 Å². The molecule has 1 amide bonds. The molecule has 0 aromatic heterocycles. The van der Waals surface area contributed by atoms with Crippen LogP contribution < -0.4 is 11.1 Å². The van der Waals surface area contributed by atoms with Gasteiger partial charge in [0, 0.05) is 6.07 Å². The van der Waals surface area contributed by atoms with Crippen molar-refractivity contribution >= 4 is 23.0 Å². The molecule has 19 heavy (non-hydrogen) atoms. The topological polar surface area (TPSA) is 162 Å². The summed E-state index contributed by atoms with van der Waals surface area (Å²) in [5, 5.41) is 32.8. The molecule has 0 aliphatic rings. The number of nitro groups is 2. The fraction of sp³-hybridized carbons (Fsp3) is 0.222. The van der Waals surface area contributed by atoms with Crippen LogP contribution in [0.5, 0.6) is 0 Å². The minimum Gasteiger partial charge on any atom is -0.381 e. The van der Waals surface area contributed by atoms with E-state index in [1.54, 1.807) is 0 Å². The third kappa shape index (κ3) is 3.61. The lowest BCUT2D eigenvalue weighted by molar-refractivity contribution is -0.393. The minimum atomic E-state index is -1.52. The number of nitrogens with zero attached hydrogens (tertiary/aromatic N) is 2. The molecule has 1 unspecified atom stereocenters. The van der Waals surface area contributed by atoms with Crippen molar-refractivity contribution in [3.05, 3.63) is 38.4 Å². The van der Waals surface area contributed by atoms with Gasteiger partial charge in [0.2, 0.25) is 5.91 Å². The first-order valence-electron chi connectivity index (χ1n) is 4.97. The van der Waals surface area contributed by atoms with Gasteiger partial charge in [0.1, 0.15) is 11.8 Å². The molecule has 0 aliphatic heterocycles. The summed E-state index contributed by atoms with van der Waals surface area (Å²) in [6.45, 7) is -0.339. The van der Waals surface area contributed by atoms with Crippen molar-refractivity contribution in [2.75, 3.05) is 11.9 Å². The predicted octanol–water partition coefficient (Wildman–Crippen LogP) is -0.239. The standard InChI is InChI=1S/C9H10N4O6/c10-9(15)8(14)4-11-6-2-1-5(12(16)17)3-7(6)13(18)19/h1-3,8,11,14H,4H2,(H2,10,15). The van der Waals surface area contributed by atoms with Crippen molar-refractivity contribution in [3.8, 4) is 0 Å². The number of carbonyl (C=O) groups excluding carboxylic acids is 1. The van der Waals surface area contributed by atoms with Crippen molar-refractivity contribution in [2.45, 2.75) is 6.10 Å². The monoisotopic (exact) mass is 270 g/mol. The van der Waals surface area contributed by atoms with E-state index in [0.717, 1.165) is 18.2 Å². The van der Waals surface area contributed by atoms with Crippen LogP contribution in [0.2, 0.25) is 0 Å². The second-order valence-electron chi connectivity index (χ2n) is 3.51. The lowest BCUT2D eigenvalue weighted by Crippen LogP contribution is -2.34. The van der Waals surface area contributed by atoms with E-state index >= 15 is 0 Å². The number of carbonyl (C=O) groups is 1. The Morgan fingerprint density at radius 3 is 2.47 bits per heavy atom. The first kappa shape index (κ1) is 14.3. The Kier molecular flexibility index (Phi) is 4.32. The van der Waals surface area contributed by atoms with Crippen LogP contribution in [0.4, 0.5) is 17.1 Å². The number of aliphatic hydroxyl groups excluding tert-OH is 1. The Morgan fingerprint density at radius 1 is 1.37 bits per heavy atom. The van der Waals surface area contributed by atoms with Gasteiger partial charge in [0.25, 0.3) is 11.4 Å². The van der Waals surface area contributed by atoms with E-state index in [0.29, 0.717) is 0 Å². The third-order valence-corrected chi connectivity index (χ3v) is 2.20. The Balaban J connectivity index is 2.97. The van der Waals surface area contributed by atoms with E-state index < -0.39 is 33.2 Å². The minimum absolute atomic E-state index is 0.0594. The molecule has 10 nitrogen and oxygen atoms in total. The molecule has 0 fully saturated rings. The molecular formula is C9H10N4O6. The number of rotatable bonds is 6. The summed E-state index contributed by atoms with van der Waals surface area (Å²) < 4.78 is 0. The van der Waals surface area contributed by atoms with Crippen molar-refractivity contribution in [2.24, 2.45) is 5.73 Å². The van der Waals surface area contributed by atoms with Crippen molar-refractivity contribution in [3.63, 3.8) is 0 Å². The number of hydrogen-bond acceptors (Lipinski definition) is 7. The van der Waals surface area contributed by atoms with E-state index in [1.165, 1.54) is 0 Å². The van der Waals surface area contributed by atoms with Crippen molar-refractivity contribution in [1.82, 2.24) is 0 Å². The van der Waals surface area contributed by atoms with E-state index in [2.05, 4.69) is 5.32 Å². The zero-order chi connectivity index (χ0) is 14.6. The van der Waals surface area contributed by atoms with Crippen LogP contribution in [0.3, 0.4) is 0 Å². The average Bonchev–Trinajstić information content (AvgIpc) is 2.35. The van der Waals surface area contributed by atoms with Crippen molar-refractivity contribution in [1.29, 1.82) is 0 Å². The molecule has 1 aromatic carbocycles. The van der Waals surface area contributed by atoms with Gasteiger partial charge in [-0.3, -0.25) is 25.0 Å². The Hall–Kier alpha value is -2.75. The van der Waals surface area contributed by atoms with E-state index in [9.17, 15) is 25.0 Å². The van der Waals surface area contributed by atoms with Crippen LogP contribution in [0, 0.1) is 20.2 Å². The molecule has 0 radical (unpaired) electrons. The van der Waals surface area contributed by atoms with Gasteiger partial charge in [-0.1, -0.05) is 0 Å². The maximum Gasteiger partial charge on any atom is 0.299 e. The lowest BCUT2D eigenvalue weighted by atomic mass is 10.2. The van der Waals surface area contributed by atoms with Gasteiger partial charge in [-0.25, -0.2) is 0 Å². The maximum absolute atomic E-state index is 10.8. The molecular weight excluding hydrogens is 260 g/mol. The van der Waals surface area contributed by atoms with Crippen LogP contribution in [0.15, 0.2) is 18.2 Å². The highest BCUT2D eigenvalue weighted by Gasteiger charge is 2.20. The van der Waals surface area contributed by atoms with Crippen LogP contribution in [0.1, 0.15) is 0 Å². The quantitative estimate of drug-likeness (QED) is 0.474. The molecule has 1 aromatic rings. The zero-order valence-electron chi connectivity index (χ0n) is 9.48. The first-order valence-corrected chi connectivity index (χ1v) is 4.97. The molecule has 1 rings (SSSR count). The highest BCUT2D eigenvalue weighted by atomic mass is 16.6. The maximum atomic E-state index is 10.8.